The molecule has 0 heterocycles. The number of hydrogen-bond donors (Lipinski definition) is 2. The second-order valence-corrected chi connectivity index (χ2v) is 7.12. The van der Waals surface area contributed by atoms with Crippen molar-refractivity contribution in [2.24, 2.45) is 10.2 Å². The molecule has 0 aliphatic rings. The van der Waals surface area contributed by atoms with Crippen molar-refractivity contribution in [3.05, 3.63) is 90.0 Å². The zero-order valence-electron chi connectivity index (χ0n) is 18.2. The highest BCUT2D eigenvalue weighted by molar-refractivity contribution is 6.11. The quantitative estimate of drug-likeness (QED) is 0.202. The summed E-state index contributed by atoms with van der Waals surface area (Å²) in [5.41, 5.74) is 1.81. The van der Waals surface area contributed by atoms with Gasteiger partial charge in [-0.05, 0) is 44.2 Å². The zero-order chi connectivity index (χ0) is 24.0. The second kappa shape index (κ2) is 10.2. The lowest BCUT2D eigenvalue weighted by molar-refractivity contribution is -0.140. The van der Waals surface area contributed by atoms with Crippen LogP contribution >= 0.6 is 0 Å². The van der Waals surface area contributed by atoms with E-state index in [1.807, 2.05) is 6.92 Å². The third-order valence-corrected chi connectivity index (χ3v) is 4.61. The summed E-state index contributed by atoms with van der Waals surface area (Å²) in [6.07, 6.45) is 0. The van der Waals surface area contributed by atoms with E-state index in [4.69, 9.17) is 4.84 Å². The summed E-state index contributed by atoms with van der Waals surface area (Å²) in [6.45, 7) is 7.40. The number of azo groups is 1. The van der Waals surface area contributed by atoms with E-state index in [1.165, 1.54) is 11.1 Å². The molecule has 8 nitrogen and oxygen atoms in total. The molecule has 0 unspecified atom stereocenters. The summed E-state index contributed by atoms with van der Waals surface area (Å²) in [5, 5.41) is 29.8. The Morgan fingerprint density at radius 2 is 1.64 bits per heavy atom. The van der Waals surface area contributed by atoms with Gasteiger partial charge in [-0.2, -0.15) is 5.11 Å². The van der Waals surface area contributed by atoms with Gasteiger partial charge in [-0.1, -0.05) is 36.9 Å². The SMILES string of the molecule is C=C(C)C(=O)ON(CC)c1ccc(N=Nc2cc(C(=O)c3ccccc3)c(O)cc2O)cc1. The molecule has 0 saturated carbocycles. The summed E-state index contributed by atoms with van der Waals surface area (Å²) in [6, 6.07) is 17.5. The van der Waals surface area contributed by atoms with E-state index < -0.39 is 11.8 Å². The van der Waals surface area contributed by atoms with Crippen LogP contribution in [-0.2, 0) is 9.63 Å². The van der Waals surface area contributed by atoms with Gasteiger partial charge < -0.3 is 15.1 Å². The predicted octanol–water partition coefficient (Wildman–Crippen LogP) is 5.60. The van der Waals surface area contributed by atoms with E-state index >= 15 is 0 Å². The number of benzene rings is 3. The zero-order valence-corrected chi connectivity index (χ0v) is 18.2. The molecule has 168 valence electrons. The molecule has 0 fully saturated rings. The second-order valence-electron chi connectivity index (χ2n) is 7.12. The topological polar surface area (TPSA) is 112 Å². The number of nitrogens with zero attached hydrogens (tertiary/aromatic N) is 3. The number of carbonyl (C=O) groups excluding carboxylic acids is 2. The van der Waals surface area contributed by atoms with Crippen molar-refractivity contribution >= 4 is 28.8 Å². The van der Waals surface area contributed by atoms with Gasteiger partial charge in [-0.25, -0.2) is 9.86 Å². The van der Waals surface area contributed by atoms with Crippen molar-refractivity contribution in [3.8, 4) is 11.5 Å². The highest BCUT2D eigenvalue weighted by atomic mass is 16.7. The Hall–Kier alpha value is -4.46. The van der Waals surface area contributed by atoms with Crippen LogP contribution in [0.1, 0.15) is 29.8 Å². The fourth-order valence-corrected chi connectivity index (χ4v) is 2.85. The predicted molar refractivity (Wildman–Crippen MR) is 124 cm³/mol. The average Bonchev–Trinajstić information content (AvgIpc) is 2.82. The number of carbonyl (C=O) groups is 2. The van der Waals surface area contributed by atoms with Gasteiger partial charge in [-0.15, -0.1) is 5.11 Å². The van der Waals surface area contributed by atoms with E-state index in [1.54, 1.807) is 61.5 Å². The number of phenols is 2. The Bertz CT molecular complexity index is 1200. The Morgan fingerprint density at radius 3 is 2.24 bits per heavy atom. The number of hydroxylamine groups is 1. The molecule has 33 heavy (non-hydrogen) atoms. The molecule has 0 radical (unpaired) electrons. The molecule has 2 N–H and O–H groups in total. The normalized spacial score (nSPS) is 10.7. The third kappa shape index (κ3) is 5.62. The average molecular weight is 445 g/mol. The van der Waals surface area contributed by atoms with E-state index in [0.717, 1.165) is 6.07 Å². The van der Waals surface area contributed by atoms with E-state index in [0.29, 0.717) is 23.5 Å². The number of aromatic hydroxyl groups is 2. The molecule has 0 amide bonds. The first-order valence-corrected chi connectivity index (χ1v) is 10.1. The standard InChI is InChI=1S/C25H23N3O5/c1-4-28(33-25(32)16(2)3)19-12-10-18(11-13-19)26-27-21-14-20(22(29)15-23(21)30)24(31)17-8-6-5-7-9-17/h5-15,29-30H,2,4H2,1,3H3. The first-order valence-electron chi connectivity index (χ1n) is 10.1. The summed E-state index contributed by atoms with van der Waals surface area (Å²) in [4.78, 5) is 29.7. The van der Waals surface area contributed by atoms with Gasteiger partial charge in [0, 0.05) is 17.2 Å². The van der Waals surface area contributed by atoms with Gasteiger partial charge in [0.15, 0.2) is 5.78 Å². The van der Waals surface area contributed by atoms with Crippen LogP contribution < -0.4 is 5.06 Å². The van der Waals surface area contributed by atoms with Crippen LogP contribution in [0.4, 0.5) is 17.1 Å². The van der Waals surface area contributed by atoms with Gasteiger partial charge in [0.05, 0.1) is 23.5 Å². The molecule has 3 aromatic carbocycles. The minimum Gasteiger partial charge on any atom is -0.507 e. The lowest BCUT2D eigenvalue weighted by Gasteiger charge is -2.21. The maximum atomic E-state index is 12.7. The van der Waals surface area contributed by atoms with Crippen molar-refractivity contribution in [1.82, 2.24) is 0 Å². The van der Waals surface area contributed by atoms with Crippen LogP contribution in [0.3, 0.4) is 0 Å². The Balaban J connectivity index is 1.81. The summed E-state index contributed by atoms with van der Waals surface area (Å²) in [7, 11) is 0. The third-order valence-electron chi connectivity index (χ3n) is 4.61. The van der Waals surface area contributed by atoms with Crippen LogP contribution in [0.5, 0.6) is 11.5 Å². The molecule has 0 aliphatic heterocycles. The first-order chi connectivity index (χ1) is 15.8. The maximum absolute atomic E-state index is 12.7. The molecule has 0 aromatic heterocycles. The van der Waals surface area contributed by atoms with Gasteiger partial charge in [0.25, 0.3) is 0 Å². The molecule has 8 heteroatoms. The maximum Gasteiger partial charge on any atom is 0.358 e. The fraction of sp³-hybridized carbons (Fsp3) is 0.120. The summed E-state index contributed by atoms with van der Waals surface area (Å²) < 4.78 is 0. The number of anilines is 1. The van der Waals surface area contributed by atoms with Gasteiger partial charge in [-0.3, -0.25) is 4.79 Å². The number of ketones is 1. The molecule has 3 aromatic rings. The molecule has 0 spiro atoms. The largest absolute Gasteiger partial charge is 0.507 e. The lowest BCUT2D eigenvalue weighted by atomic mass is 10.0. The summed E-state index contributed by atoms with van der Waals surface area (Å²) >= 11 is 0. The van der Waals surface area contributed by atoms with Crippen LogP contribution in [-0.4, -0.2) is 28.5 Å². The Kier molecular flexibility index (Phi) is 7.20. The van der Waals surface area contributed by atoms with Crippen molar-refractivity contribution in [1.29, 1.82) is 0 Å². The highest BCUT2D eigenvalue weighted by Crippen LogP contribution is 2.35. The van der Waals surface area contributed by atoms with Crippen molar-refractivity contribution in [2.75, 3.05) is 11.6 Å². The van der Waals surface area contributed by atoms with E-state index in [2.05, 4.69) is 16.8 Å². The molecule has 3 rings (SSSR count). The highest BCUT2D eigenvalue weighted by Gasteiger charge is 2.17. The molecular formula is C25H23N3O5. The Labute approximate surface area is 191 Å². The monoisotopic (exact) mass is 445 g/mol. The Morgan fingerprint density at radius 1 is 0.970 bits per heavy atom. The lowest BCUT2D eigenvalue weighted by Crippen LogP contribution is -2.27. The molecule has 0 atom stereocenters. The first kappa shape index (κ1) is 23.2. The van der Waals surface area contributed by atoms with Crippen molar-refractivity contribution < 1.29 is 24.6 Å². The number of hydrogen-bond acceptors (Lipinski definition) is 8. The number of phenolic OH excluding ortho intramolecular Hbond substituents is 2. The van der Waals surface area contributed by atoms with Crippen LogP contribution in [0.25, 0.3) is 0 Å². The molecular weight excluding hydrogens is 422 g/mol. The number of rotatable bonds is 8. The molecule has 0 bridgehead atoms. The van der Waals surface area contributed by atoms with Gasteiger partial charge in [0.1, 0.15) is 17.2 Å². The van der Waals surface area contributed by atoms with Crippen molar-refractivity contribution in [3.63, 3.8) is 0 Å². The van der Waals surface area contributed by atoms with Crippen LogP contribution in [0.2, 0.25) is 0 Å². The minimum atomic E-state index is -0.524. The smallest absolute Gasteiger partial charge is 0.358 e. The summed E-state index contributed by atoms with van der Waals surface area (Å²) in [5.74, 6) is -1.60. The van der Waals surface area contributed by atoms with E-state index in [9.17, 15) is 19.8 Å². The van der Waals surface area contributed by atoms with Crippen LogP contribution in [0.15, 0.2) is 89.1 Å². The molecule has 0 saturated heterocycles. The molecule has 0 aliphatic carbocycles. The van der Waals surface area contributed by atoms with Gasteiger partial charge in [0.2, 0.25) is 0 Å². The van der Waals surface area contributed by atoms with E-state index in [-0.39, 0.29) is 28.3 Å². The fourth-order valence-electron chi connectivity index (χ4n) is 2.85. The minimum absolute atomic E-state index is 0.00112. The van der Waals surface area contributed by atoms with Crippen molar-refractivity contribution in [2.45, 2.75) is 13.8 Å². The van der Waals surface area contributed by atoms with Gasteiger partial charge >= 0.3 is 5.97 Å². The van der Waals surface area contributed by atoms with Crippen LogP contribution in [0, 0.1) is 0 Å².